The Labute approximate surface area is 134 Å². The molecule has 1 aromatic rings. The monoisotopic (exact) mass is 311 g/mol. The van der Waals surface area contributed by atoms with Crippen molar-refractivity contribution < 1.29 is 0 Å². The minimum absolute atomic E-state index is 0.308. The third-order valence-corrected chi connectivity index (χ3v) is 5.45. The Balaban J connectivity index is 2.15. The van der Waals surface area contributed by atoms with Crippen LogP contribution in [0.4, 0.5) is 0 Å². The quantitative estimate of drug-likeness (QED) is 0.738. The van der Waals surface area contributed by atoms with Crippen molar-refractivity contribution in [3.05, 3.63) is 16.4 Å². The van der Waals surface area contributed by atoms with Gasteiger partial charge >= 0.3 is 0 Å². The van der Waals surface area contributed by atoms with Gasteiger partial charge in [-0.1, -0.05) is 38.3 Å². The summed E-state index contributed by atoms with van der Waals surface area (Å²) in [6, 6.07) is 0.765. The molecule has 1 unspecified atom stereocenters. The van der Waals surface area contributed by atoms with Gasteiger partial charge in [-0.05, 0) is 44.4 Å². The highest BCUT2D eigenvalue weighted by atomic mass is 35.5. The molecule has 1 aliphatic carbocycles. The number of halogens is 1. The van der Waals surface area contributed by atoms with Gasteiger partial charge in [-0.15, -0.1) is 0 Å². The number of rotatable bonds is 9. The second kappa shape index (κ2) is 7.15. The van der Waals surface area contributed by atoms with Gasteiger partial charge in [0.25, 0.3) is 0 Å². The summed E-state index contributed by atoms with van der Waals surface area (Å²) in [6.45, 7) is 7.69. The van der Waals surface area contributed by atoms with Crippen LogP contribution in [-0.4, -0.2) is 22.4 Å². The maximum absolute atomic E-state index is 6.48. The molecule has 1 fully saturated rings. The molecule has 4 heteroatoms. The molecule has 1 N–H and O–H groups in total. The fraction of sp³-hybridized carbons (Fsp3) is 0.824. The van der Waals surface area contributed by atoms with Crippen molar-refractivity contribution in [2.24, 2.45) is 12.5 Å². The van der Waals surface area contributed by atoms with Gasteiger partial charge < -0.3 is 5.32 Å². The van der Waals surface area contributed by atoms with E-state index in [0.717, 1.165) is 29.7 Å². The lowest BCUT2D eigenvalue weighted by Crippen LogP contribution is -2.37. The summed E-state index contributed by atoms with van der Waals surface area (Å²) < 4.78 is 1.98. The Hall–Kier alpha value is -0.540. The summed E-state index contributed by atoms with van der Waals surface area (Å²) in [5.41, 5.74) is 2.46. The van der Waals surface area contributed by atoms with Crippen molar-refractivity contribution in [2.75, 3.05) is 6.54 Å². The zero-order valence-electron chi connectivity index (χ0n) is 14.0. The second-order valence-electron chi connectivity index (χ2n) is 6.76. The van der Waals surface area contributed by atoms with Gasteiger partial charge in [0.1, 0.15) is 0 Å². The Kier molecular flexibility index (Phi) is 5.73. The molecular weight excluding hydrogens is 282 g/mol. The predicted molar refractivity (Wildman–Crippen MR) is 89.9 cm³/mol. The highest BCUT2D eigenvalue weighted by Crippen LogP contribution is 2.36. The van der Waals surface area contributed by atoms with E-state index in [1.807, 2.05) is 18.7 Å². The number of aryl methyl sites for hydroxylation is 2. The van der Waals surface area contributed by atoms with E-state index in [-0.39, 0.29) is 0 Å². The van der Waals surface area contributed by atoms with E-state index in [1.54, 1.807) is 0 Å². The summed E-state index contributed by atoms with van der Waals surface area (Å²) in [5.74, 6) is 0. The molecule has 0 spiro atoms. The first-order chi connectivity index (χ1) is 10.0. The SMILES string of the molecule is CCCCC(CC)(CNC1CC1)Cc1c(Cl)c(C)nn1C. The van der Waals surface area contributed by atoms with Gasteiger partial charge in [-0.25, -0.2) is 0 Å². The molecule has 1 aliphatic rings. The zero-order chi connectivity index (χ0) is 15.5. The van der Waals surface area contributed by atoms with E-state index in [1.165, 1.54) is 44.2 Å². The fourth-order valence-electron chi connectivity index (χ4n) is 3.09. The molecular formula is C17H30ClN3. The third-order valence-electron chi connectivity index (χ3n) is 4.96. The fourth-order valence-corrected chi connectivity index (χ4v) is 3.32. The van der Waals surface area contributed by atoms with E-state index < -0.39 is 0 Å². The molecule has 0 amide bonds. The first-order valence-electron chi connectivity index (χ1n) is 8.42. The number of nitrogens with zero attached hydrogens (tertiary/aromatic N) is 2. The molecule has 0 saturated heterocycles. The Morgan fingerprint density at radius 2 is 2.10 bits per heavy atom. The molecule has 0 aliphatic heterocycles. The summed E-state index contributed by atoms with van der Waals surface area (Å²) in [4.78, 5) is 0. The van der Waals surface area contributed by atoms with Crippen molar-refractivity contribution in [3.63, 3.8) is 0 Å². The lowest BCUT2D eigenvalue weighted by Gasteiger charge is -2.34. The molecule has 0 bridgehead atoms. The van der Waals surface area contributed by atoms with Crippen LogP contribution in [0.2, 0.25) is 5.02 Å². The number of hydrogen-bond acceptors (Lipinski definition) is 2. The molecule has 2 rings (SSSR count). The van der Waals surface area contributed by atoms with Gasteiger partial charge in [0.05, 0.1) is 16.4 Å². The number of aromatic nitrogens is 2. The standard InChI is InChI=1S/C17H30ClN3/c1-5-7-10-17(6-2,12-19-14-8-9-14)11-15-16(18)13(3)20-21(15)4/h14,19H,5-12H2,1-4H3. The second-order valence-corrected chi connectivity index (χ2v) is 7.14. The molecule has 1 saturated carbocycles. The van der Waals surface area contributed by atoms with Gasteiger partial charge in [0.2, 0.25) is 0 Å². The topological polar surface area (TPSA) is 29.9 Å². The Morgan fingerprint density at radius 1 is 1.38 bits per heavy atom. The molecule has 120 valence electrons. The van der Waals surface area contributed by atoms with Gasteiger partial charge in [-0.2, -0.15) is 5.10 Å². The third kappa shape index (κ3) is 4.23. The van der Waals surface area contributed by atoms with Crippen LogP contribution >= 0.6 is 11.6 Å². The largest absolute Gasteiger partial charge is 0.313 e. The van der Waals surface area contributed by atoms with E-state index in [2.05, 4.69) is 24.3 Å². The van der Waals surface area contributed by atoms with E-state index in [4.69, 9.17) is 11.6 Å². The van der Waals surface area contributed by atoms with Gasteiger partial charge in [0, 0.05) is 19.6 Å². The minimum atomic E-state index is 0.308. The molecule has 0 aromatic carbocycles. The van der Waals surface area contributed by atoms with Crippen LogP contribution in [0.25, 0.3) is 0 Å². The summed E-state index contributed by atoms with van der Waals surface area (Å²) in [7, 11) is 2.02. The normalized spacial score (nSPS) is 18.0. The van der Waals surface area contributed by atoms with Crippen LogP contribution in [0.1, 0.15) is 63.8 Å². The first-order valence-corrected chi connectivity index (χ1v) is 8.80. The average Bonchev–Trinajstić information content (AvgIpc) is 3.26. The van der Waals surface area contributed by atoms with Crippen LogP contribution in [-0.2, 0) is 13.5 Å². The van der Waals surface area contributed by atoms with Crippen molar-refractivity contribution >= 4 is 11.6 Å². The molecule has 1 heterocycles. The van der Waals surface area contributed by atoms with Crippen molar-refractivity contribution in [3.8, 4) is 0 Å². The van der Waals surface area contributed by atoms with Crippen LogP contribution in [0, 0.1) is 12.3 Å². The first kappa shape index (κ1) is 16.8. The minimum Gasteiger partial charge on any atom is -0.313 e. The maximum Gasteiger partial charge on any atom is 0.0847 e. The van der Waals surface area contributed by atoms with Crippen LogP contribution in [0.3, 0.4) is 0 Å². The molecule has 21 heavy (non-hydrogen) atoms. The van der Waals surface area contributed by atoms with E-state index >= 15 is 0 Å². The lowest BCUT2D eigenvalue weighted by molar-refractivity contribution is 0.223. The summed E-state index contributed by atoms with van der Waals surface area (Å²) >= 11 is 6.48. The molecule has 1 aromatic heterocycles. The summed E-state index contributed by atoms with van der Waals surface area (Å²) in [5, 5.41) is 9.09. The number of nitrogens with one attached hydrogen (secondary N) is 1. The highest BCUT2D eigenvalue weighted by molar-refractivity contribution is 6.31. The van der Waals surface area contributed by atoms with Crippen LogP contribution < -0.4 is 5.32 Å². The lowest BCUT2D eigenvalue weighted by atomic mass is 9.76. The van der Waals surface area contributed by atoms with Crippen molar-refractivity contribution in [1.29, 1.82) is 0 Å². The van der Waals surface area contributed by atoms with Crippen LogP contribution in [0.15, 0.2) is 0 Å². The van der Waals surface area contributed by atoms with Gasteiger partial charge in [0.15, 0.2) is 0 Å². The van der Waals surface area contributed by atoms with Crippen molar-refractivity contribution in [2.45, 2.75) is 71.8 Å². The Bertz CT molecular complexity index is 465. The average molecular weight is 312 g/mol. The predicted octanol–water partition coefficient (Wildman–Crippen LogP) is 4.26. The Morgan fingerprint density at radius 3 is 2.57 bits per heavy atom. The maximum atomic E-state index is 6.48. The number of unbranched alkanes of at least 4 members (excludes halogenated alkanes) is 1. The smallest absolute Gasteiger partial charge is 0.0847 e. The van der Waals surface area contributed by atoms with E-state index in [0.29, 0.717) is 5.41 Å². The number of hydrogen-bond donors (Lipinski definition) is 1. The van der Waals surface area contributed by atoms with Crippen molar-refractivity contribution in [1.82, 2.24) is 15.1 Å². The summed E-state index contributed by atoms with van der Waals surface area (Å²) in [6.07, 6.45) is 8.71. The van der Waals surface area contributed by atoms with Crippen LogP contribution in [0.5, 0.6) is 0 Å². The molecule has 3 nitrogen and oxygen atoms in total. The highest BCUT2D eigenvalue weighted by Gasteiger charge is 2.33. The van der Waals surface area contributed by atoms with Gasteiger partial charge in [-0.3, -0.25) is 4.68 Å². The van der Waals surface area contributed by atoms with E-state index in [9.17, 15) is 0 Å². The molecule has 0 radical (unpaired) electrons. The molecule has 1 atom stereocenters. The zero-order valence-corrected chi connectivity index (χ0v) is 14.8.